The zero-order valence-electron chi connectivity index (χ0n) is 10.6. The van der Waals surface area contributed by atoms with Gasteiger partial charge in [0.25, 0.3) is 0 Å². The van der Waals surface area contributed by atoms with Gasteiger partial charge >= 0.3 is 12.4 Å². The molecule has 0 saturated carbocycles. The quantitative estimate of drug-likeness (QED) is 0.401. The van der Waals surface area contributed by atoms with E-state index in [-0.39, 0.29) is 12.3 Å². The van der Waals surface area contributed by atoms with Gasteiger partial charge in [0.1, 0.15) is 0 Å². The van der Waals surface area contributed by atoms with Crippen molar-refractivity contribution in [2.45, 2.75) is 43.6 Å². The van der Waals surface area contributed by atoms with E-state index < -0.39 is 25.1 Å². The molecule has 2 nitrogen and oxygen atoms in total. The molecular formula is C11H12ClF6NOS. The standard InChI is InChI=1S/C11H12ClF6NOS/c12-5-7-6-21-8(19-7)3-1-2-4-20-9(10(13,14)15)11(16,17)18/h6,9H,1-5H2. The van der Waals surface area contributed by atoms with Crippen LogP contribution in [0.5, 0.6) is 0 Å². The number of thiazole rings is 1. The molecule has 0 radical (unpaired) electrons. The van der Waals surface area contributed by atoms with Crippen LogP contribution >= 0.6 is 22.9 Å². The summed E-state index contributed by atoms with van der Waals surface area (Å²) >= 11 is 6.91. The third kappa shape index (κ3) is 6.39. The monoisotopic (exact) mass is 355 g/mol. The number of hydrogen-bond acceptors (Lipinski definition) is 3. The van der Waals surface area contributed by atoms with Gasteiger partial charge in [0, 0.05) is 12.0 Å². The molecule has 1 rings (SSSR count). The minimum atomic E-state index is -5.46. The van der Waals surface area contributed by atoms with Gasteiger partial charge in [0.2, 0.25) is 6.10 Å². The minimum Gasteiger partial charge on any atom is -0.361 e. The average molecular weight is 356 g/mol. The summed E-state index contributed by atoms with van der Waals surface area (Å²) in [4.78, 5) is 4.13. The van der Waals surface area contributed by atoms with Gasteiger partial charge in [-0.15, -0.1) is 22.9 Å². The Balaban J connectivity index is 2.32. The smallest absolute Gasteiger partial charge is 0.361 e. The number of rotatable bonds is 7. The lowest BCUT2D eigenvalue weighted by Gasteiger charge is -2.22. The molecule has 0 unspecified atom stereocenters. The normalized spacial score (nSPS) is 13.1. The number of aryl methyl sites for hydroxylation is 1. The highest BCUT2D eigenvalue weighted by atomic mass is 35.5. The van der Waals surface area contributed by atoms with Crippen LogP contribution in [0.3, 0.4) is 0 Å². The molecule has 0 aliphatic heterocycles. The largest absolute Gasteiger partial charge is 0.423 e. The molecule has 0 fully saturated rings. The molecule has 1 aromatic heterocycles. The van der Waals surface area contributed by atoms with Crippen LogP contribution in [-0.4, -0.2) is 30.0 Å². The molecule has 0 aliphatic rings. The summed E-state index contributed by atoms with van der Waals surface area (Å²) in [6, 6.07) is 0. The summed E-state index contributed by atoms with van der Waals surface area (Å²) in [5.41, 5.74) is 0.696. The van der Waals surface area contributed by atoms with Crippen molar-refractivity contribution in [2.75, 3.05) is 6.61 Å². The van der Waals surface area contributed by atoms with Gasteiger partial charge in [-0.05, 0) is 19.3 Å². The summed E-state index contributed by atoms with van der Waals surface area (Å²) in [5, 5.41) is 2.50. The molecule has 1 aromatic rings. The first-order valence-corrected chi connectivity index (χ1v) is 7.30. The molecular weight excluding hydrogens is 344 g/mol. The van der Waals surface area contributed by atoms with E-state index in [1.165, 1.54) is 11.3 Å². The highest BCUT2D eigenvalue weighted by molar-refractivity contribution is 7.09. The molecule has 0 aromatic carbocycles. The Morgan fingerprint density at radius 1 is 1.14 bits per heavy atom. The highest BCUT2D eigenvalue weighted by Gasteiger charge is 2.57. The summed E-state index contributed by atoms with van der Waals surface area (Å²) in [7, 11) is 0. The van der Waals surface area contributed by atoms with Crippen molar-refractivity contribution < 1.29 is 31.1 Å². The topological polar surface area (TPSA) is 22.1 Å². The molecule has 0 spiro atoms. The summed E-state index contributed by atoms with van der Waals surface area (Å²) in [6.45, 7) is -0.614. The Labute approximate surface area is 126 Å². The van der Waals surface area contributed by atoms with Crippen molar-refractivity contribution in [3.05, 3.63) is 16.1 Å². The maximum Gasteiger partial charge on any atom is 0.423 e. The average Bonchev–Trinajstić information content (AvgIpc) is 2.78. The zero-order valence-corrected chi connectivity index (χ0v) is 12.2. The summed E-state index contributed by atoms with van der Waals surface area (Å²) < 4.78 is 76.9. The molecule has 0 N–H and O–H groups in total. The molecule has 0 saturated heterocycles. The number of halogens is 7. The maximum atomic E-state index is 12.2. The van der Waals surface area contributed by atoms with Gasteiger partial charge in [-0.25, -0.2) is 4.98 Å². The molecule has 0 amide bonds. The fourth-order valence-corrected chi connectivity index (χ4v) is 2.55. The Hall–Kier alpha value is -0.540. The van der Waals surface area contributed by atoms with Gasteiger partial charge in [-0.3, -0.25) is 0 Å². The van der Waals surface area contributed by atoms with Crippen molar-refractivity contribution in [2.24, 2.45) is 0 Å². The lowest BCUT2D eigenvalue weighted by atomic mass is 10.2. The van der Waals surface area contributed by atoms with Gasteiger partial charge in [0.05, 0.1) is 16.6 Å². The molecule has 10 heteroatoms. The van der Waals surface area contributed by atoms with E-state index in [4.69, 9.17) is 11.6 Å². The van der Waals surface area contributed by atoms with Crippen molar-refractivity contribution in [1.29, 1.82) is 0 Å². The Morgan fingerprint density at radius 2 is 1.76 bits per heavy atom. The van der Waals surface area contributed by atoms with E-state index in [1.807, 2.05) is 0 Å². The van der Waals surface area contributed by atoms with Crippen LogP contribution in [0, 0.1) is 0 Å². The fraction of sp³-hybridized carbons (Fsp3) is 0.727. The number of aromatic nitrogens is 1. The second-order valence-electron chi connectivity index (χ2n) is 4.16. The maximum absolute atomic E-state index is 12.2. The van der Waals surface area contributed by atoms with Crippen molar-refractivity contribution in [3.63, 3.8) is 0 Å². The first kappa shape index (κ1) is 18.5. The lowest BCUT2D eigenvalue weighted by molar-refractivity contribution is -0.321. The van der Waals surface area contributed by atoms with E-state index in [0.29, 0.717) is 18.5 Å². The molecule has 1 heterocycles. The second kappa shape index (κ2) is 7.64. The number of nitrogens with zero attached hydrogens (tertiary/aromatic N) is 1. The number of alkyl halides is 7. The lowest BCUT2D eigenvalue weighted by Crippen LogP contribution is -2.44. The van der Waals surface area contributed by atoms with Crippen molar-refractivity contribution in [1.82, 2.24) is 4.98 Å². The van der Waals surface area contributed by atoms with Gasteiger partial charge in [0.15, 0.2) is 0 Å². The third-order valence-electron chi connectivity index (χ3n) is 2.40. The van der Waals surface area contributed by atoms with E-state index in [0.717, 1.165) is 5.01 Å². The Kier molecular flexibility index (Phi) is 6.73. The van der Waals surface area contributed by atoms with Gasteiger partial charge < -0.3 is 4.74 Å². The fourth-order valence-electron chi connectivity index (χ4n) is 1.48. The van der Waals surface area contributed by atoms with E-state index in [2.05, 4.69) is 9.72 Å². The molecule has 21 heavy (non-hydrogen) atoms. The molecule has 0 atom stereocenters. The van der Waals surface area contributed by atoms with Crippen LogP contribution in [0.25, 0.3) is 0 Å². The predicted octanol–water partition coefficient (Wildman–Crippen LogP) is 4.71. The van der Waals surface area contributed by atoms with Crippen LogP contribution < -0.4 is 0 Å². The summed E-state index contributed by atoms with van der Waals surface area (Å²) in [6.07, 6.45) is -13.7. The molecule has 0 aliphatic carbocycles. The van der Waals surface area contributed by atoms with Crippen LogP contribution in [-0.2, 0) is 17.0 Å². The second-order valence-corrected chi connectivity index (χ2v) is 5.37. The van der Waals surface area contributed by atoms with E-state index in [1.54, 1.807) is 5.38 Å². The van der Waals surface area contributed by atoms with Crippen LogP contribution in [0.2, 0.25) is 0 Å². The zero-order chi connectivity index (χ0) is 16.1. The predicted molar refractivity (Wildman–Crippen MR) is 66.5 cm³/mol. The summed E-state index contributed by atoms with van der Waals surface area (Å²) in [5.74, 6) is 0.262. The van der Waals surface area contributed by atoms with Crippen LogP contribution in [0.15, 0.2) is 5.38 Å². The molecule has 0 bridgehead atoms. The number of unbranched alkanes of at least 4 members (excludes halogenated alkanes) is 1. The first-order chi connectivity index (χ1) is 9.64. The SMILES string of the molecule is FC(F)(F)C(OCCCCc1nc(CCl)cs1)C(F)(F)F. The first-order valence-electron chi connectivity index (χ1n) is 5.89. The van der Waals surface area contributed by atoms with E-state index >= 15 is 0 Å². The molecule has 122 valence electrons. The van der Waals surface area contributed by atoms with Crippen LogP contribution in [0.4, 0.5) is 26.3 Å². The number of ether oxygens (including phenoxy) is 1. The van der Waals surface area contributed by atoms with Crippen molar-refractivity contribution >= 4 is 22.9 Å². The minimum absolute atomic E-state index is 0.0818. The van der Waals surface area contributed by atoms with Gasteiger partial charge in [-0.2, -0.15) is 26.3 Å². The van der Waals surface area contributed by atoms with Gasteiger partial charge in [-0.1, -0.05) is 0 Å². The third-order valence-corrected chi connectivity index (χ3v) is 3.63. The Morgan fingerprint density at radius 3 is 2.24 bits per heavy atom. The highest BCUT2D eigenvalue weighted by Crippen LogP contribution is 2.35. The van der Waals surface area contributed by atoms with Crippen LogP contribution in [0.1, 0.15) is 23.5 Å². The number of hydrogen-bond donors (Lipinski definition) is 0. The van der Waals surface area contributed by atoms with Crippen molar-refractivity contribution in [3.8, 4) is 0 Å². The Bertz CT molecular complexity index is 419. The van der Waals surface area contributed by atoms with E-state index in [9.17, 15) is 26.3 Å².